The third-order valence-corrected chi connectivity index (χ3v) is 1.74. The van der Waals surface area contributed by atoms with E-state index in [1.165, 1.54) is 0 Å². The summed E-state index contributed by atoms with van der Waals surface area (Å²) < 4.78 is 1.89. The van der Waals surface area contributed by atoms with Crippen LogP contribution in [0.3, 0.4) is 0 Å². The van der Waals surface area contributed by atoms with E-state index in [1.54, 1.807) is 6.20 Å². The van der Waals surface area contributed by atoms with Gasteiger partial charge >= 0.3 is 0 Å². The molecule has 0 spiro atoms. The Hall–Kier alpha value is -1.58. The van der Waals surface area contributed by atoms with Crippen LogP contribution in [0.25, 0.3) is 11.4 Å². The van der Waals surface area contributed by atoms with Crippen molar-refractivity contribution in [3.8, 4) is 11.4 Å². The van der Waals surface area contributed by atoms with Gasteiger partial charge < -0.3 is 0 Å². The van der Waals surface area contributed by atoms with Crippen LogP contribution in [0.5, 0.6) is 0 Å². The van der Waals surface area contributed by atoms with E-state index in [2.05, 4.69) is 22.2 Å². The number of rotatable bonds is 2. The quantitative estimate of drug-likeness (QED) is 0.723. The van der Waals surface area contributed by atoms with Crippen molar-refractivity contribution in [3.05, 3.63) is 24.5 Å². The van der Waals surface area contributed by atoms with Crippen LogP contribution >= 0.6 is 0 Å². The molecule has 0 aliphatic heterocycles. The highest BCUT2D eigenvalue weighted by Crippen LogP contribution is 2.11. The molecule has 0 amide bonds. The molecule has 0 atom stereocenters. The summed E-state index contributed by atoms with van der Waals surface area (Å²) in [5.74, 6) is 0. The molecule has 2 heterocycles. The summed E-state index contributed by atoms with van der Waals surface area (Å²) in [6.07, 6.45) is 3.68. The molecule has 0 saturated carbocycles. The van der Waals surface area contributed by atoms with Gasteiger partial charge in [-0.3, -0.25) is 9.78 Å². The lowest BCUT2D eigenvalue weighted by atomic mass is 10.3. The molecule has 0 aliphatic rings. The van der Waals surface area contributed by atoms with Gasteiger partial charge in [-0.15, -0.1) is 0 Å². The normalized spacial score (nSPS) is 10.4. The van der Waals surface area contributed by atoms with E-state index < -0.39 is 0 Å². The van der Waals surface area contributed by atoms with Gasteiger partial charge in [-0.2, -0.15) is 10.2 Å². The first-order valence-electron chi connectivity index (χ1n) is 3.93. The van der Waals surface area contributed by atoms with Gasteiger partial charge in [0.15, 0.2) is 0 Å². The van der Waals surface area contributed by atoms with Crippen molar-refractivity contribution < 1.29 is 0 Å². The highest BCUT2D eigenvalue weighted by Gasteiger charge is 2.00. The fourth-order valence-corrected chi connectivity index (χ4v) is 1.08. The molecule has 0 bridgehead atoms. The van der Waals surface area contributed by atoms with Crippen LogP contribution in [-0.2, 0) is 6.54 Å². The fourth-order valence-electron chi connectivity index (χ4n) is 1.08. The van der Waals surface area contributed by atoms with Gasteiger partial charge in [-0.05, 0) is 19.1 Å². The van der Waals surface area contributed by atoms with E-state index >= 15 is 0 Å². The molecular formula is C8H10N4. The van der Waals surface area contributed by atoms with Crippen molar-refractivity contribution >= 4 is 0 Å². The number of aryl methyl sites for hydroxylation is 1. The second kappa shape index (κ2) is 2.81. The first-order valence-corrected chi connectivity index (χ1v) is 3.93. The second-order valence-electron chi connectivity index (χ2n) is 2.53. The predicted molar refractivity (Wildman–Crippen MR) is 45.5 cm³/mol. The van der Waals surface area contributed by atoms with E-state index in [-0.39, 0.29) is 0 Å². The Labute approximate surface area is 70.2 Å². The van der Waals surface area contributed by atoms with Crippen molar-refractivity contribution in [2.75, 3.05) is 0 Å². The van der Waals surface area contributed by atoms with E-state index in [0.29, 0.717) is 0 Å². The molecule has 2 aromatic heterocycles. The van der Waals surface area contributed by atoms with E-state index in [9.17, 15) is 0 Å². The maximum absolute atomic E-state index is 4.32. The van der Waals surface area contributed by atoms with E-state index in [1.807, 2.05) is 23.0 Å². The first-order chi connectivity index (χ1) is 5.90. The molecule has 0 fully saturated rings. The highest BCUT2D eigenvalue weighted by molar-refractivity contribution is 5.51. The van der Waals surface area contributed by atoms with Gasteiger partial charge in [0.2, 0.25) is 0 Å². The molecule has 2 rings (SSSR count). The Morgan fingerprint density at radius 2 is 2.42 bits per heavy atom. The third-order valence-electron chi connectivity index (χ3n) is 1.74. The number of hydrogen-bond acceptors (Lipinski definition) is 2. The minimum absolute atomic E-state index is 0.897. The van der Waals surface area contributed by atoms with E-state index in [4.69, 9.17) is 0 Å². The smallest absolute Gasteiger partial charge is 0.110 e. The molecule has 0 unspecified atom stereocenters. The number of hydrogen-bond donors (Lipinski definition) is 1. The van der Waals surface area contributed by atoms with Crippen molar-refractivity contribution in [1.82, 2.24) is 20.0 Å². The zero-order valence-corrected chi connectivity index (χ0v) is 6.86. The van der Waals surface area contributed by atoms with Gasteiger partial charge in [0, 0.05) is 18.9 Å². The highest BCUT2D eigenvalue weighted by atomic mass is 15.3. The standard InChI is InChI=1S/C8H10N4/c1-2-12-6-4-8(11-12)7-3-5-9-10-7/h3-6H,2H2,1H3,(H,9,10). The van der Waals surface area contributed by atoms with Crippen molar-refractivity contribution in [3.63, 3.8) is 0 Å². The number of nitrogens with one attached hydrogen (secondary N) is 1. The van der Waals surface area contributed by atoms with Gasteiger partial charge in [0.05, 0.1) is 5.69 Å². The Kier molecular flexibility index (Phi) is 1.66. The van der Waals surface area contributed by atoms with Gasteiger partial charge in [0.25, 0.3) is 0 Å². The Morgan fingerprint density at radius 1 is 1.50 bits per heavy atom. The fraction of sp³-hybridized carbons (Fsp3) is 0.250. The first kappa shape index (κ1) is 7.09. The Bertz CT molecular complexity index is 347. The summed E-state index contributed by atoms with van der Waals surface area (Å²) in [5.41, 5.74) is 1.90. The van der Waals surface area contributed by atoms with Crippen molar-refractivity contribution in [2.24, 2.45) is 0 Å². The molecule has 4 nitrogen and oxygen atoms in total. The molecular weight excluding hydrogens is 152 g/mol. The SMILES string of the molecule is CCn1ccc(-c2ccn[nH]2)n1. The molecule has 62 valence electrons. The van der Waals surface area contributed by atoms with Crippen LogP contribution in [0, 0.1) is 0 Å². The van der Waals surface area contributed by atoms with Crippen LogP contribution in [0.4, 0.5) is 0 Å². The maximum atomic E-state index is 4.32. The summed E-state index contributed by atoms with van der Waals surface area (Å²) in [5, 5.41) is 11.0. The van der Waals surface area contributed by atoms with Crippen LogP contribution in [-0.4, -0.2) is 20.0 Å². The van der Waals surface area contributed by atoms with Gasteiger partial charge in [-0.25, -0.2) is 0 Å². The monoisotopic (exact) mass is 162 g/mol. The Balaban J connectivity index is 2.35. The number of H-pyrrole nitrogens is 1. The maximum Gasteiger partial charge on any atom is 0.110 e. The van der Waals surface area contributed by atoms with Gasteiger partial charge in [-0.1, -0.05) is 0 Å². The summed E-state index contributed by atoms with van der Waals surface area (Å²) >= 11 is 0. The minimum Gasteiger partial charge on any atom is -0.276 e. The van der Waals surface area contributed by atoms with Crippen LogP contribution in [0.2, 0.25) is 0 Å². The predicted octanol–water partition coefficient (Wildman–Crippen LogP) is 1.29. The van der Waals surface area contributed by atoms with Crippen LogP contribution in [0.1, 0.15) is 6.92 Å². The van der Waals surface area contributed by atoms with E-state index in [0.717, 1.165) is 17.9 Å². The Morgan fingerprint density at radius 3 is 3.00 bits per heavy atom. The molecule has 12 heavy (non-hydrogen) atoms. The zero-order chi connectivity index (χ0) is 8.39. The lowest BCUT2D eigenvalue weighted by molar-refractivity contribution is 0.661. The molecule has 0 aliphatic carbocycles. The summed E-state index contributed by atoms with van der Waals surface area (Å²) in [6.45, 7) is 2.96. The third kappa shape index (κ3) is 1.11. The summed E-state index contributed by atoms with van der Waals surface area (Å²) in [6, 6.07) is 3.87. The molecule has 2 aromatic rings. The molecule has 0 saturated heterocycles. The average molecular weight is 162 g/mol. The second-order valence-corrected chi connectivity index (χ2v) is 2.53. The zero-order valence-electron chi connectivity index (χ0n) is 6.86. The van der Waals surface area contributed by atoms with Crippen LogP contribution in [0.15, 0.2) is 24.5 Å². The van der Waals surface area contributed by atoms with Crippen LogP contribution < -0.4 is 0 Å². The average Bonchev–Trinajstić information content (AvgIpc) is 2.75. The topological polar surface area (TPSA) is 46.5 Å². The largest absolute Gasteiger partial charge is 0.276 e. The van der Waals surface area contributed by atoms with Crippen molar-refractivity contribution in [2.45, 2.75) is 13.5 Å². The number of aromatic amines is 1. The number of nitrogens with zero attached hydrogens (tertiary/aromatic N) is 3. The molecule has 1 N–H and O–H groups in total. The lowest BCUT2D eigenvalue weighted by Crippen LogP contribution is -1.93. The lowest BCUT2D eigenvalue weighted by Gasteiger charge is -1.91. The number of aromatic nitrogens is 4. The van der Waals surface area contributed by atoms with Crippen molar-refractivity contribution in [1.29, 1.82) is 0 Å². The summed E-state index contributed by atoms with van der Waals surface area (Å²) in [4.78, 5) is 0. The molecule has 0 aromatic carbocycles. The molecule has 4 heteroatoms. The minimum atomic E-state index is 0.897. The van der Waals surface area contributed by atoms with Gasteiger partial charge in [0.1, 0.15) is 5.69 Å². The molecule has 0 radical (unpaired) electrons. The summed E-state index contributed by atoms with van der Waals surface area (Å²) in [7, 11) is 0.